The fourth-order valence-corrected chi connectivity index (χ4v) is 24.7. The van der Waals surface area contributed by atoms with Gasteiger partial charge in [0, 0.05) is 27.1 Å². The highest BCUT2D eigenvalue weighted by molar-refractivity contribution is 7.22. The van der Waals surface area contributed by atoms with Crippen molar-refractivity contribution < 1.29 is 0 Å². The second kappa shape index (κ2) is 23.7. The van der Waals surface area contributed by atoms with Crippen LogP contribution in [0.1, 0.15) is 0 Å². The van der Waals surface area contributed by atoms with Gasteiger partial charge in [0.15, 0.2) is 22.0 Å². The lowest BCUT2D eigenvalue weighted by atomic mass is 10.0. The molecule has 0 aliphatic carbocycles. The number of hydrogen-bond acceptors (Lipinski definition) is 3. The summed E-state index contributed by atoms with van der Waals surface area (Å²) in [6.45, 7) is 0. The van der Waals surface area contributed by atoms with Crippen molar-refractivity contribution in [2.24, 2.45) is 0 Å². The maximum absolute atomic E-state index is 5.95. The third-order valence-electron chi connectivity index (χ3n) is 19.1. The van der Waals surface area contributed by atoms with Gasteiger partial charge in [0.1, 0.15) is 0 Å². The molecule has 0 saturated heterocycles. The molecule has 0 aliphatic heterocycles. The molecule has 17 aromatic rings. The lowest BCUT2D eigenvalue weighted by molar-refractivity contribution is 0.893. The standard InChI is InChI=1S/C87H61N5Si2/c1-8-30-62(31-9-1)65-36-28-46-73(56-65)93(69-38-14-4-15-39-69,70-40-16-5-17-41-70)75-58-68(59-76(61-75)94(71-42-18-6-19-43-71,72-44-20-7-21-45-72)74-47-29-37-66(57-74)63-32-10-2-11-33-63)85-88-86(91-81-51-25-22-48-77(81)78-49-23-26-52-82(78)91)90-87(89-85)92-83-53-27-24-50-79(83)80-60-67(54-55-84(80)92)64-34-12-3-13-35-64/h1-61H. The molecule has 0 saturated carbocycles. The van der Waals surface area contributed by atoms with Gasteiger partial charge in [-0.15, -0.1) is 0 Å². The number of nitrogens with zero attached hydrogens (tertiary/aromatic N) is 5. The largest absolute Gasteiger partial charge is 0.278 e. The van der Waals surface area contributed by atoms with Crippen molar-refractivity contribution >= 4 is 101 Å². The smallest absolute Gasteiger partial charge is 0.240 e. The van der Waals surface area contributed by atoms with Crippen LogP contribution in [0.3, 0.4) is 0 Å². The van der Waals surface area contributed by atoms with Crippen LogP contribution in [-0.4, -0.2) is 40.2 Å². The fraction of sp³-hybridized carbons (Fsp3) is 0. The Bertz CT molecular complexity index is 5280. The van der Waals surface area contributed by atoms with Crippen LogP contribution in [0.25, 0.3) is 100 Å². The average molecular weight is 1230 g/mol. The monoisotopic (exact) mass is 1230 g/mol. The van der Waals surface area contributed by atoms with Crippen molar-refractivity contribution in [2.75, 3.05) is 0 Å². The minimum Gasteiger partial charge on any atom is -0.278 e. The Kier molecular flexibility index (Phi) is 14.2. The maximum Gasteiger partial charge on any atom is 0.240 e. The van der Waals surface area contributed by atoms with E-state index in [0.717, 1.165) is 82.6 Å². The molecular formula is C87H61N5Si2. The van der Waals surface area contributed by atoms with Crippen molar-refractivity contribution in [1.82, 2.24) is 24.1 Å². The molecule has 0 atom stereocenters. The van der Waals surface area contributed by atoms with Gasteiger partial charge in [-0.1, -0.05) is 340 Å². The zero-order chi connectivity index (χ0) is 62.4. The molecule has 0 fully saturated rings. The molecule has 0 aliphatic rings. The Morgan fingerprint density at radius 2 is 0.468 bits per heavy atom. The van der Waals surface area contributed by atoms with E-state index in [1.165, 1.54) is 41.5 Å². The van der Waals surface area contributed by atoms with Crippen LogP contribution in [0.15, 0.2) is 370 Å². The summed E-state index contributed by atoms with van der Waals surface area (Å²) in [4.78, 5) is 17.6. The molecule has 442 valence electrons. The molecule has 0 unspecified atom stereocenters. The van der Waals surface area contributed by atoms with Crippen LogP contribution in [0, 0.1) is 0 Å². The summed E-state index contributed by atoms with van der Waals surface area (Å²) in [5, 5.41) is 14.4. The number of para-hydroxylation sites is 3. The topological polar surface area (TPSA) is 48.5 Å². The van der Waals surface area contributed by atoms with Crippen molar-refractivity contribution in [2.45, 2.75) is 0 Å². The fourth-order valence-electron chi connectivity index (χ4n) is 14.9. The molecule has 17 rings (SSSR count). The maximum atomic E-state index is 5.95. The van der Waals surface area contributed by atoms with E-state index in [2.05, 4.69) is 379 Å². The second-order valence-electron chi connectivity index (χ2n) is 24.2. The molecule has 3 heterocycles. The van der Waals surface area contributed by atoms with Crippen LogP contribution in [-0.2, 0) is 0 Å². The summed E-state index contributed by atoms with van der Waals surface area (Å²) in [6, 6.07) is 137. The van der Waals surface area contributed by atoms with E-state index >= 15 is 0 Å². The average Bonchev–Trinajstić information content (AvgIpc) is 0.930. The van der Waals surface area contributed by atoms with Gasteiger partial charge in [0.2, 0.25) is 11.9 Å². The quantitative estimate of drug-likeness (QED) is 0.0805. The van der Waals surface area contributed by atoms with Gasteiger partial charge >= 0.3 is 0 Å². The first-order valence-corrected chi connectivity index (χ1v) is 36.2. The summed E-state index contributed by atoms with van der Waals surface area (Å²) in [7, 11) is -6.95. The molecule has 3 aromatic heterocycles. The zero-order valence-electron chi connectivity index (χ0n) is 51.5. The number of rotatable bonds is 14. The second-order valence-corrected chi connectivity index (χ2v) is 31.9. The van der Waals surface area contributed by atoms with Crippen molar-refractivity contribution in [3.05, 3.63) is 370 Å². The summed E-state index contributed by atoms with van der Waals surface area (Å²) in [6.07, 6.45) is 0. The Hall–Kier alpha value is -11.9. The van der Waals surface area contributed by atoms with E-state index in [4.69, 9.17) is 15.0 Å². The first-order chi connectivity index (χ1) is 46.6. The zero-order valence-corrected chi connectivity index (χ0v) is 53.5. The minimum atomic E-state index is -3.48. The van der Waals surface area contributed by atoms with Gasteiger partial charge in [-0.3, -0.25) is 9.13 Å². The Morgan fingerprint density at radius 1 is 0.181 bits per heavy atom. The Morgan fingerprint density at radius 3 is 0.851 bits per heavy atom. The highest BCUT2D eigenvalue weighted by Crippen LogP contribution is 2.37. The van der Waals surface area contributed by atoms with Gasteiger partial charge < -0.3 is 0 Å². The van der Waals surface area contributed by atoms with E-state index in [1.54, 1.807) is 0 Å². The molecule has 0 amide bonds. The van der Waals surface area contributed by atoms with Crippen molar-refractivity contribution in [1.29, 1.82) is 0 Å². The van der Waals surface area contributed by atoms with Crippen molar-refractivity contribution in [3.63, 3.8) is 0 Å². The molecule has 0 bridgehead atoms. The highest BCUT2D eigenvalue weighted by atomic mass is 28.3. The molecule has 7 heteroatoms. The van der Waals surface area contributed by atoms with Crippen LogP contribution < -0.4 is 41.5 Å². The summed E-state index contributed by atoms with van der Waals surface area (Å²) >= 11 is 0. The number of fused-ring (bicyclic) bond motifs is 6. The van der Waals surface area contributed by atoms with Gasteiger partial charge in [-0.05, 0) is 105 Å². The molecule has 5 nitrogen and oxygen atoms in total. The molecule has 0 radical (unpaired) electrons. The summed E-state index contributed by atoms with van der Waals surface area (Å²) < 4.78 is 4.51. The highest BCUT2D eigenvalue weighted by Gasteiger charge is 2.46. The SMILES string of the molecule is c1ccc(-c2cccc([Si](c3ccccc3)(c3ccccc3)c3cc(-c4nc(-n5c6ccccc6c6ccccc65)nc(-n5c6ccccc6c6cc(-c7ccccc7)ccc65)n4)cc([Si](c4ccccc4)(c4ccccc4)c4cccc(-c5ccccc5)c4)c3)c2)cc1. The lowest BCUT2D eigenvalue weighted by Gasteiger charge is -2.38. The van der Waals surface area contributed by atoms with Gasteiger partial charge in [-0.25, -0.2) is 0 Å². The van der Waals surface area contributed by atoms with E-state index in [0.29, 0.717) is 17.7 Å². The molecule has 0 spiro atoms. The van der Waals surface area contributed by atoms with E-state index in [9.17, 15) is 0 Å². The van der Waals surface area contributed by atoms with Gasteiger partial charge in [0.05, 0.1) is 22.1 Å². The number of benzene rings is 14. The summed E-state index contributed by atoms with van der Waals surface area (Å²) in [5.41, 5.74) is 11.8. The third-order valence-corrected chi connectivity index (χ3v) is 28.5. The van der Waals surface area contributed by atoms with Gasteiger partial charge in [-0.2, -0.15) is 15.0 Å². The van der Waals surface area contributed by atoms with E-state index < -0.39 is 16.1 Å². The van der Waals surface area contributed by atoms with Crippen molar-refractivity contribution in [3.8, 4) is 56.7 Å². The predicted molar refractivity (Wildman–Crippen MR) is 397 cm³/mol. The van der Waals surface area contributed by atoms with E-state index in [1.807, 2.05) is 0 Å². The normalized spacial score (nSPS) is 11.8. The first kappa shape index (κ1) is 56.1. The molecule has 14 aromatic carbocycles. The predicted octanol–water partition coefficient (Wildman–Crippen LogP) is 15.5. The molecular weight excluding hydrogens is 1170 g/mol. The minimum absolute atomic E-state index is 0.517. The number of hydrogen-bond donors (Lipinski definition) is 0. The third kappa shape index (κ3) is 9.47. The van der Waals surface area contributed by atoms with Crippen LogP contribution in [0.4, 0.5) is 0 Å². The lowest BCUT2D eigenvalue weighted by Crippen LogP contribution is -2.78. The van der Waals surface area contributed by atoms with Crippen LogP contribution in [0.2, 0.25) is 0 Å². The Labute approximate surface area is 548 Å². The molecule has 0 N–H and O–H groups in total. The number of aromatic nitrogens is 5. The molecule has 94 heavy (non-hydrogen) atoms. The van der Waals surface area contributed by atoms with Gasteiger partial charge in [0.25, 0.3) is 0 Å². The van der Waals surface area contributed by atoms with E-state index in [-0.39, 0.29) is 0 Å². The first-order valence-electron chi connectivity index (χ1n) is 32.2. The Balaban J connectivity index is 1.05. The summed E-state index contributed by atoms with van der Waals surface area (Å²) in [5.74, 6) is 1.59. The van der Waals surface area contributed by atoms with Crippen LogP contribution in [0.5, 0.6) is 0 Å². The van der Waals surface area contributed by atoms with Crippen LogP contribution >= 0.6 is 0 Å².